The highest BCUT2D eigenvalue weighted by Crippen LogP contribution is 2.29. The van der Waals surface area contributed by atoms with Gasteiger partial charge in [-0.3, -0.25) is 0 Å². The molecule has 5 atom stereocenters. The van der Waals surface area contributed by atoms with Crippen molar-refractivity contribution in [1.29, 1.82) is 0 Å². The molecule has 1 N–H and O–H groups in total. The molecule has 0 spiro atoms. The highest BCUT2D eigenvalue weighted by Gasteiger charge is 2.45. The largest absolute Gasteiger partial charge is 0.452 e. The average Bonchev–Trinajstić information content (AvgIpc) is 2.48. The van der Waals surface area contributed by atoms with Crippen molar-refractivity contribution in [2.75, 3.05) is 7.11 Å². The summed E-state index contributed by atoms with van der Waals surface area (Å²) >= 11 is 3.36. The van der Waals surface area contributed by atoms with Crippen LogP contribution in [0.5, 0.6) is 0 Å². The van der Waals surface area contributed by atoms with E-state index >= 15 is 0 Å². The van der Waals surface area contributed by atoms with E-state index < -0.39 is 35.4 Å². The second kappa shape index (κ2) is 6.67. The summed E-state index contributed by atoms with van der Waals surface area (Å²) in [4.78, 5) is 11.6. The van der Waals surface area contributed by atoms with Crippen LogP contribution < -0.4 is 0 Å². The topological polar surface area (TPSA) is 65.0 Å². The van der Waals surface area contributed by atoms with Crippen LogP contribution in [0.4, 0.5) is 0 Å². The molecule has 1 aliphatic heterocycles. The van der Waals surface area contributed by atoms with Gasteiger partial charge in [-0.05, 0) is 19.1 Å². The molecule has 0 amide bonds. The monoisotopic (exact) mass is 344 g/mol. The van der Waals surface area contributed by atoms with Crippen LogP contribution >= 0.6 is 15.9 Å². The molecule has 1 aromatic carbocycles. The van der Waals surface area contributed by atoms with Crippen molar-refractivity contribution in [2.45, 2.75) is 36.4 Å². The third kappa shape index (κ3) is 3.20. The summed E-state index contributed by atoms with van der Waals surface area (Å²) in [6.45, 7) is 1.74. The van der Waals surface area contributed by atoms with Crippen molar-refractivity contribution in [3.05, 3.63) is 35.9 Å². The molecule has 1 fully saturated rings. The lowest BCUT2D eigenvalue weighted by molar-refractivity contribution is -0.247. The molecular formula is C14H17BrO5. The molecule has 1 heterocycles. The predicted octanol–water partition coefficient (Wildman–Crippen LogP) is 1.73. The molecule has 0 saturated carbocycles. The van der Waals surface area contributed by atoms with Gasteiger partial charge in [0, 0.05) is 7.11 Å². The standard InChI is InChI=1S/C14H17BrO5/c1-8-11(16)10(15)12(14(18-2)19-8)20-13(17)9-6-4-3-5-7-9/h3-8,10-12,14,16H,1-2H3/t8-,10-,11-,12+,14+/m1/s1. The number of carbonyl (C=O) groups excluding carboxylic acids is 1. The van der Waals surface area contributed by atoms with Gasteiger partial charge in [-0.25, -0.2) is 4.79 Å². The van der Waals surface area contributed by atoms with Gasteiger partial charge in [0.25, 0.3) is 0 Å². The maximum Gasteiger partial charge on any atom is 0.338 e. The first-order chi connectivity index (χ1) is 9.54. The van der Waals surface area contributed by atoms with Crippen molar-refractivity contribution in [1.82, 2.24) is 0 Å². The van der Waals surface area contributed by atoms with Gasteiger partial charge in [-0.15, -0.1) is 0 Å². The number of rotatable bonds is 3. The Hall–Kier alpha value is -0.950. The van der Waals surface area contributed by atoms with Crippen LogP contribution in [0.2, 0.25) is 0 Å². The molecule has 0 unspecified atom stereocenters. The highest BCUT2D eigenvalue weighted by molar-refractivity contribution is 9.09. The van der Waals surface area contributed by atoms with Crippen LogP contribution in [0.3, 0.4) is 0 Å². The van der Waals surface area contributed by atoms with Crippen LogP contribution in [0, 0.1) is 0 Å². The molecule has 2 rings (SSSR count). The minimum Gasteiger partial charge on any atom is -0.452 e. The van der Waals surface area contributed by atoms with Crippen LogP contribution in [0.25, 0.3) is 0 Å². The summed E-state index contributed by atoms with van der Waals surface area (Å²) < 4.78 is 16.1. The van der Waals surface area contributed by atoms with E-state index in [0.29, 0.717) is 5.56 Å². The van der Waals surface area contributed by atoms with E-state index in [1.54, 1.807) is 31.2 Å². The van der Waals surface area contributed by atoms with Gasteiger partial charge in [0.15, 0.2) is 12.4 Å². The number of benzene rings is 1. The lowest BCUT2D eigenvalue weighted by atomic mass is 10.0. The Bertz CT molecular complexity index is 450. The minimum absolute atomic E-state index is 0.406. The fourth-order valence-electron chi connectivity index (χ4n) is 2.05. The van der Waals surface area contributed by atoms with Gasteiger partial charge in [0.2, 0.25) is 0 Å². The molecular weight excluding hydrogens is 328 g/mol. The molecule has 20 heavy (non-hydrogen) atoms. The van der Waals surface area contributed by atoms with E-state index in [1.165, 1.54) is 7.11 Å². The van der Waals surface area contributed by atoms with Gasteiger partial charge in [0.05, 0.1) is 22.6 Å². The highest BCUT2D eigenvalue weighted by atomic mass is 79.9. The van der Waals surface area contributed by atoms with E-state index in [1.807, 2.05) is 6.07 Å². The summed E-state index contributed by atoms with van der Waals surface area (Å²) in [6.07, 6.45) is -2.63. The molecule has 5 nitrogen and oxygen atoms in total. The number of hydrogen-bond acceptors (Lipinski definition) is 5. The first kappa shape index (κ1) is 15.4. The molecule has 110 valence electrons. The number of methoxy groups -OCH3 is 1. The van der Waals surface area contributed by atoms with Gasteiger partial charge in [-0.1, -0.05) is 34.1 Å². The van der Waals surface area contributed by atoms with Crippen LogP contribution in [-0.4, -0.2) is 47.6 Å². The summed E-state index contributed by atoms with van der Waals surface area (Å²) in [5, 5.41) is 9.99. The molecule has 6 heteroatoms. The van der Waals surface area contributed by atoms with Gasteiger partial charge < -0.3 is 19.3 Å². The lowest BCUT2D eigenvalue weighted by Crippen LogP contribution is -2.56. The van der Waals surface area contributed by atoms with Crippen molar-refractivity contribution in [3.63, 3.8) is 0 Å². The average molecular weight is 345 g/mol. The van der Waals surface area contributed by atoms with Crippen molar-refractivity contribution < 1.29 is 24.1 Å². The fourth-order valence-corrected chi connectivity index (χ4v) is 2.84. The quantitative estimate of drug-likeness (QED) is 0.668. The van der Waals surface area contributed by atoms with E-state index in [0.717, 1.165) is 0 Å². The number of carbonyl (C=O) groups is 1. The normalized spacial score (nSPS) is 33.7. The SMILES string of the molecule is CO[C@H]1O[C@H](C)[C@@H](O)[C@@H](Br)[C@@H]1OC(=O)c1ccccc1. The number of esters is 1. The number of ether oxygens (including phenoxy) is 3. The maximum absolute atomic E-state index is 12.1. The van der Waals surface area contributed by atoms with E-state index in [2.05, 4.69) is 15.9 Å². The van der Waals surface area contributed by atoms with E-state index in [9.17, 15) is 9.90 Å². The predicted molar refractivity (Wildman–Crippen MR) is 75.7 cm³/mol. The third-order valence-electron chi connectivity index (χ3n) is 3.22. The van der Waals surface area contributed by atoms with Crippen LogP contribution in [0.15, 0.2) is 30.3 Å². The Labute approximate surface area is 126 Å². The maximum atomic E-state index is 12.1. The summed E-state index contributed by atoms with van der Waals surface area (Å²) in [7, 11) is 1.47. The number of halogens is 1. The zero-order valence-corrected chi connectivity index (χ0v) is 12.8. The van der Waals surface area contributed by atoms with E-state index in [-0.39, 0.29) is 0 Å². The molecule has 1 aromatic rings. The Morgan fingerprint density at radius 3 is 2.60 bits per heavy atom. The summed E-state index contributed by atoms with van der Waals surface area (Å²) in [5.74, 6) is -0.479. The van der Waals surface area contributed by atoms with Crippen molar-refractivity contribution in [2.24, 2.45) is 0 Å². The number of hydrogen-bond donors (Lipinski definition) is 1. The second-order valence-corrected chi connectivity index (χ2v) is 5.67. The molecule has 0 bridgehead atoms. The smallest absolute Gasteiger partial charge is 0.338 e. The first-order valence-electron chi connectivity index (χ1n) is 6.31. The van der Waals surface area contributed by atoms with Crippen molar-refractivity contribution >= 4 is 21.9 Å². The van der Waals surface area contributed by atoms with Crippen LogP contribution in [-0.2, 0) is 14.2 Å². The third-order valence-corrected chi connectivity index (χ3v) is 4.29. The summed E-state index contributed by atoms with van der Waals surface area (Å²) in [6, 6.07) is 8.65. The van der Waals surface area contributed by atoms with Gasteiger partial charge >= 0.3 is 5.97 Å². The van der Waals surface area contributed by atoms with Crippen molar-refractivity contribution in [3.8, 4) is 0 Å². The van der Waals surface area contributed by atoms with Gasteiger partial charge in [0.1, 0.15) is 0 Å². The zero-order chi connectivity index (χ0) is 14.7. The van der Waals surface area contributed by atoms with Crippen LogP contribution in [0.1, 0.15) is 17.3 Å². The Balaban J connectivity index is 2.11. The lowest BCUT2D eigenvalue weighted by Gasteiger charge is -2.40. The Morgan fingerprint density at radius 1 is 1.35 bits per heavy atom. The number of aliphatic hydroxyl groups excluding tert-OH is 1. The zero-order valence-electron chi connectivity index (χ0n) is 11.2. The Morgan fingerprint density at radius 2 is 2.00 bits per heavy atom. The molecule has 1 saturated heterocycles. The molecule has 0 aliphatic carbocycles. The molecule has 1 aliphatic rings. The number of aliphatic hydroxyl groups is 1. The first-order valence-corrected chi connectivity index (χ1v) is 7.22. The second-order valence-electron chi connectivity index (χ2n) is 4.62. The molecule has 0 radical (unpaired) electrons. The summed E-state index contributed by atoms with van der Waals surface area (Å²) in [5.41, 5.74) is 0.440. The number of alkyl halides is 1. The molecule has 0 aromatic heterocycles. The minimum atomic E-state index is -0.782. The van der Waals surface area contributed by atoms with Gasteiger partial charge in [-0.2, -0.15) is 0 Å². The Kier molecular flexibility index (Phi) is 5.15. The van der Waals surface area contributed by atoms with E-state index in [4.69, 9.17) is 14.2 Å². The fraction of sp³-hybridized carbons (Fsp3) is 0.500.